The highest BCUT2D eigenvalue weighted by Crippen LogP contribution is 2.33. The number of benzene rings is 2. The summed E-state index contributed by atoms with van der Waals surface area (Å²) < 4.78 is 12.0. The lowest BCUT2D eigenvalue weighted by Gasteiger charge is -2.38. The first-order valence-electron chi connectivity index (χ1n) is 13.6. The van der Waals surface area contributed by atoms with Crippen molar-refractivity contribution in [2.45, 2.75) is 13.0 Å². The van der Waals surface area contributed by atoms with Gasteiger partial charge >= 0.3 is 0 Å². The Balaban J connectivity index is 1.16. The molecule has 6 heteroatoms. The summed E-state index contributed by atoms with van der Waals surface area (Å²) >= 11 is 0. The maximum atomic E-state index is 6.41. The van der Waals surface area contributed by atoms with Crippen molar-refractivity contribution in [2.75, 3.05) is 58.0 Å². The number of hydrogen-bond acceptors (Lipinski definition) is 6. The van der Waals surface area contributed by atoms with Crippen LogP contribution in [-0.4, -0.2) is 68.6 Å². The van der Waals surface area contributed by atoms with Crippen molar-refractivity contribution in [3.63, 3.8) is 0 Å². The fraction of sp³-hybridized carbons (Fsp3) is 0.344. The van der Waals surface area contributed by atoms with Crippen molar-refractivity contribution in [1.29, 1.82) is 0 Å². The molecule has 3 aliphatic heterocycles. The Kier molecular flexibility index (Phi) is 7.42. The van der Waals surface area contributed by atoms with E-state index in [4.69, 9.17) is 14.5 Å². The molecule has 0 radical (unpaired) electrons. The maximum absolute atomic E-state index is 6.41. The monoisotopic (exact) mass is 508 g/mol. The van der Waals surface area contributed by atoms with Crippen molar-refractivity contribution in [2.24, 2.45) is 10.9 Å². The van der Waals surface area contributed by atoms with Gasteiger partial charge in [-0.2, -0.15) is 0 Å². The standard InChI is InChI=1S/C32H36N4O2/c1-37-30-13-6-5-12-29(30)36-19-17-34(18-20-36)22-26-14-15-27-23-35(21-25-9-3-2-4-10-25)24-38-32(27)31-28(26)11-7-8-16-33-31/h2-6,8-16,26H,7,17-24H2,1H3. The number of nitrogens with zero attached hydrogens (tertiary/aromatic N) is 4. The van der Waals surface area contributed by atoms with E-state index in [0.29, 0.717) is 6.73 Å². The molecule has 0 aromatic heterocycles. The van der Waals surface area contributed by atoms with E-state index in [9.17, 15) is 0 Å². The van der Waals surface area contributed by atoms with E-state index in [2.05, 4.69) is 81.5 Å². The Morgan fingerprint density at radius 3 is 2.63 bits per heavy atom. The van der Waals surface area contributed by atoms with E-state index < -0.39 is 0 Å². The second-order valence-corrected chi connectivity index (χ2v) is 10.3. The van der Waals surface area contributed by atoms with Crippen LogP contribution in [0.3, 0.4) is 0 Å². The van der Waals surface area contributed by atoms with Gasteiger partial charge in [0.25, 0.3) is 0 Å². The molecule has 0 spiro atoms. The summed E-state index contributed by atoms with van der Waals surface area (Å²) in [6.45, 7) is 7.32. The first kappa shape index (κ1) is 24.7. The quantitative estimate of drug-likeness (QED) is 0.547. The molecular weight excluding hydrogens is 472 g/mol. The number of aliphatic imine (C=N–C) groups is 1. The fourth-order valence-electron chi connectivity index (χ4n) is 5.81. The van der Waals surface area contributed by atoms with Gasteiger partial charge in [-0.1, -0.05) is 66.8 Å². The van der Waals surface area contributed by atoms with Crippen LogP contribution in [0.25, 0.3) is 0 Å². The van der Waals surface area contributed by atoms with Gasteiger partial charge in [-0.25, -0.2) is 0 Å². The highest BCUT2D eigenvalue weighted by molar-refractivity contribution is 6.13. The lowest BCUT2D eigenvalue weighted by atomic mass is 9.93. The van der Waals surface area contributed by atoms with Gasteiger partial charge in [0.1, 0.15) is 18.2 Å². The molecule has 1 fully saturated rings. The summed E-state index contributed by atoms with van der Waals surface area (Å²) in [5.41, 5.74) is 6.01. The molecule has 4 aliphatic rings. The Labute approximate surface area is 225 Å². The van der Waals surface area contributed by atoms with Crippen molar-refractivity contribution in [3.05, 3.63) is 108 Å². The van der Waals surface area contributed by atoms with Crippen LogP contribution in [0, 0.1) is 5.92 Å². The molecular formula is C32H36N4O2. The van der Waals surface area contributed by atoms with Crippen LogP contribution in [0.15, 0.2) is 107 Å². The Morgan fingerprint density at radius 1 is 0.974 bits per heavy atom. The van der Waals surface area contributed by atoms with Crippen LogP contribution in [0.1, 0.15) is 12.0 Å². The predicted molar refractivity (Wildman–Crippen MR) is 153 cm³/mol. The Bertz CT molecular complexity index is 1290. The molecule has 0 N–H and O–H groups in total. The minimum atomic E-state index is 0.281. The summed E-state index contributed by atoms with van der Waals surface area (Å²) in [6.07, 6.45) is 12.0. The highest BCUT2D eigenvalue weighted by atomic mass is 16.5. The number of hydrogen-bond donors (Lipinski definition) is 0. The number of allylic oxidation sites excluding steroid dienone is 3. The molecule has 2 aromatic carbocycles. The van der Waals surface area contributed by atoms with Crippen molar-refractivity contribution in [1.82, 2.24) is 9.80 Å². The number of methoxy groups -OCH3 is 1. The second kappa shape index (κ2) is 11.4. The minimum Gasteiger partial charge on any atom is -0.495 e. The Morgan fingerprint density at radius 2 is 1.79 bits per heavy atom. The summed E-state index contributed by atoms with van der Waals surface area (Å²) in [4.78, 5) is 12.3. The molecule has 6 rings (SSSR count). The molecule has 38 heavy (non-hydrogen) atoms. The fourth-order valence-corrected chi connectivity index (χ4v) is 5.81. The van der Waals surface area contributed by atoms with Gasteiger partial charge in [-0.15, -0.1) is 0 Å². The van der Waals surface area contributed by atoms with Crippen LogP contribution < -0.4 is 9.64 Å². The van der Waals surface area contributed by atoms with Gasteiger partial charge in [0.05, 0.1) is 12.8 Å². The van der Waals surface area contributed by atoms with Gasteiger partial charge in [0, 0.05) is 63.5 Å². The predicted octanol–water partition coefficient (Wildman–Crippen LogP) is 5.03. The number of para-hydroxylation sites is 2. The number of fused-ring (bicyclic) bond motifs is 2. The zero-order valence-corrected chi connectivity index (χ0v) is 22.1. The molecule has 1 unspecified atom stereocenters. The molecule has 1 aliphatic carbocycles. The molecule has 1 saturated heterocycles. The van der Waals surface area contributed by atoms with Crippen LogP contribution in [0.5, 0.6) is 5.75 Å². The van der Waals surface area contributed by atoms with Crippen LogP contribution in [0.4, 0.5) is 5.69 Å². The lowest BCUT2D eigenvalue weighted by molar-refractivity contribution is 0.0632. The molecule has 2 aromatic rings. The van der Waals surface area contributed by atoms with Gasteiger partial charge in [0.15, 0.2) is 5.76 Å². The van der Waals surface area contributed by atoms with Crippen molar-refractivity contribution >= 4 is 11.4 Å². The first-order valence-corrected chi connectivity index (χ1v) is 13.6. The summed E-state index contributed by atoms with van der Waals surface area (Å²) in [6, 6.07) is 18.9. The zero-order valence-electron chi connectivity index (χ0n) is 22.1. The third-order valence-corrected chi connectivity index (χ3v) is 7.78. The lowest BCUT2D eigenvalue weighted by Crippen LogP contribution is -2.48. The first-order chi connectivity index (χ1) is 18.8. The van der Waals surface area contributed by atoms with Crippen molar-refractivity contribution in [3.8, 4) is 5.75 Å². The molecule has 0 amide bonds. The van der Waals surface area contributed by atoms with Crippen molar-refractivity contribution < 1.29 is 9.47 Å². The largest absolute Gasteiger partial charge is 0.495 e. The SMILES string of the molecule is COc1ccccc1N1CCN(CC2C=CC3=C(OCN(Cc4ccccc4)C3)C3=NC=CCC=C32)CC1. The molecule has 1 atom stereocenters. The summed E-state index contributed by atoms with van der Waals surface area (Å²) in [7, 11) is 1.75. The van der Waals surface area contributed by atoms with E-state index in [-0.39, 0.29) is 5.92 Å². The molecule has 6 nitrogen and oxygen atoms in total. The maximum Gasteiger partial charge on any atom is 0.151 e. The van der Waals surface area contributed by atoms with E-state index in [0.717, 1.165) is 69.5 Å². The minimum absolute atomic E-state index is 0.281. The van der Waals surface area contributed by atoms with Crippen LogP contribution >= 0.6 is 0 Å². The van der Waals surface area contributed by atoms with E-state index in [1.807, 2.05) is 18.3 Å². The van der Waals surface area contributed by atoms with E-state index in [1.54, 1.807) is 7.11 Å². The smallest absolute Gasteiger partial charge is 0.151 e. The zero-order chi connectivity index (χ0) is 25.7. The third kappa shape index (κ3) is 5.33. The molecule has 196 valence electrons. The topological polar surface area (TPSA) is 40.5 Å². The number of anilines is 1. The van der Waals surface area contributed by atoms with E-state index in [1.165, 1.54) is 22.4 Å². The van der Waals surface area contributed by atoms with Gasteiger partial charge in [-0.05, 0) is 29.7 Å². The molecule has 0 saturated carbocycles. The number of piperazine rings is 1. The summed E-state index contributed by atoms with van der Waals surface area (Å²) in [5.74, 6) is 2.18. The Hall–Kier alpha value is -3.61. The summed E-state index contributed by atoms with van der Waals surface area (Å²) in [5, 5.41) is 0. The van der Waals surface area contributed by atoms with E-state index >= 15 is 0 Å². The van der Waals surface area contributed by atoms with Gasteiger partial charge in [-0.3, -0.25) is 14.8 Å². The van der Waals surface area contributed by atoms with Gasteiger partial charge < -0.3 is 14.4 Å². The number of ether oxygens (including phenoxy) is 2. The van der Waals surface area contributed by atoms with Crippen LogP contribution in [0.2, 0.25) is 0 Å². The average molecular weight is 509 g/mol. The average Bonchev–Trinajstić information content (AvgIpc) is 3.29. The van der Waals surface area contributed by atoms with Crippen LogP contribution in [-0.2, 0) is 11.3 Å². The third-order valence-electron chi connectivity index (χ3n) is 7.78. The second-order valence-electron chi connectivity index (χ2n) is 10.3. The molecule has 3 heterocycles. The normalized spacial score (nSPS) is 22.0. The number of rotatable bonds is 6. The highest BCUT2D eigenvalue weighted by Gasteiger charge is 2.31. The van der Waals surface area contributed by atoms with Gasteiger partial charge in [0.2, 0.25) is 0 Å². The molecule has 0 bridgehead atoms.